The van der Waals surface area contributed by atoms with Gasteiger partial charge in [-0.2, -0.15) is 0 Å². The van der Waals surface area contributed by atoms with E-state index in [4.69, 9.17) is 0 Å². The smallest absolute Gasteiger partial charge is 0.0129 e. The molecule has 0 aromatic carbocycles. The molecular weight excluding hydrogens is 158 g/mol. The molecule has 13 heavy (non-hydrogen) atoms. The second-order valence-electron chi connectivity index (χ2n) is 4.19. The van der Waals surface area contributed by atoms with Crippen LogP contribution in [0.15, 0.2) is 12.7 Å². The minimum Gasteiger partial charge on any atom is -0.313 e. The van der Waals surface area contributed by atoms with E-state index < -0.39 is 0 Å². The van der Waals surface area contributed by atoms with E-state index in [9.17, 15) is 0 Å². The van der Waals surface area contributed by atoms with E-state index in [1.54, 1.807) is 0 Å². The summed E-state index contributed by atoms with van der Waals surface area (Å²) in [6.07, 6.45) is 4.31. The highest BCUT2D eigenvalue weighted by atomic mass is 14.9. The summed E-state index contributed by atoms with van der Waals surface area (Å²) in [7, 11) is 0. The van der Waals surface area contributed by atoms with Crippen LogP contribution in [0.4, 0.5) is 0 Å². The summed E-state index contributed by atoms with van der Waals surface area (Å²) in [6.45, 7) is 14.0. The van der Waals surface area contributed by atoms with E-state index in [2.05, 4.69) is 39.6 Å². The van der Waals surface area contributed by atoms with Gasteiger partial charge in [-0.05, 0) is 31.2 Å². The molecule has 1 N–H and O–H groups in total. The van der Waals surface area contributed by atoms with Gasteiger partial charge in [-0.3, -0.25) is 0 Å². The summed E-state index contributed by atoms with van der Waals surface area (Å²) in [4.78, 5) is 0. The highest BCUT2D eigenvalue weighted by Gasteiger charge is 2.17. The van der Waals surface area contributed by atoms with Crippen LogP contribution in [0.2, 0.25) is 0 Å². The van der Waals surface area contributed by atoms with Crippen molar-refractivity contribution >= 4 is 0 Å². The van der Waals surface area contributed by atoms with Gasteiger partial charge in [0, 0.05) is 6.04 Å². The van der Waals surface area contributed by atoms with Crippen molar-refractivity contribution in [2.75, 3.05) is 6.54 Å². The third-order valence-electron chi connectivity index (χ3n) is 2.76. The van der Waals surface area contributed by atoms with Crippen molar-refractivity contribution in [2.24, 2.45) is 11.8 Å². The van der Waals surface area contributed by atoms with Crippen LogP contribution in [0.5, 0.6) is 0 Å². The number of rotatable bonds is 7. The van der Waals surface area contributed by atoms with Gasteiger partial charge in [-0.1, -0.05) is 33.8 Å². The molecule has 0 saturated heterocycles. The normalized spacial score (nSPS) is 15.8. The van der Waals surface area contributed by atoms with Crippen molar-refractivity contribution in [3.05, 3.63) is 12.7 Å². The molecule has 0 aromatic heterocycles. The Labute approximate surface area is 83.6 Å². The van der Waals surface area contributed by atoms with E-state index in [1.165, 1.54) is 6.42 Å². The number of hydrogen-bond acceptors (Lipinski definition) is 1. The van der Waals surface area contributed by atoms with Crippen molar-refractivity contribution in [3.63, 3.8) is 0 Å². The SMILES string of the molecule is C=CCC(NCCC)C(C)C(C)C. The molecule has 0 aliphatic heterocycles. The van der Waals surface area contributed by atoms with E-state index in [1.807, 2.05) is 6.08 Å². The standard InChI is InChI=1S/C12H25N/c1-6-8-12(13-9-7-2)11(5)10(3)4/h6,10-13H,1,7-9H2,2-5H3. The van der Waals surface area contributed by atoms with E-state index in [0.29, 0.717) is 6.04 Å². The van der Waals surface area contributed by atoms with Gasteiger partial charge >= 0.3 is 0 Å². The van der Waals surface area contributed by atoms with Crippen molar-refractivity contribution in [3.8, 4) is 0 Å². The molecular formula is C12H25N. The highest BCUT2D eigenvalue weighted by molar-refractivity contribution is 4.82. The van der Waals surface area contributed by atoms with Crippen LogP contribution in [0.1, 0.15) is 40.5 Å². The fourth-order valence-corrected chi connectivity index (χ4v) is 1.46. The Hall–Kier alpha value is -0.300. The quantitative estimate of drug-likeness (QED) is 0.598. The summed E-state index contributed by atoms with van der Waals surface area (Å²) in [5.41, 5.74) is 0. The number of nitrogens with one attached hydrogen (secondary N) is 1. The molecule has 0 saturated carbocycles. The van der Waals surface area contributed by atoms with Gasteiger partial charge in [0.1, 0.15) is 0 Å². The monoisotopic (exact) mass is 183 g/mol. The lowest BCUT2D eigenvalue weighted by molar-refractivity contribution is 0.300. The molecule has 0 amide bonds. The van der Waals surface area contributed by atoms with Crippen LogP contribution >= 0.6 is 0 Å². The summed E-state index contributed by atoms with van der Waals surface area (Å²) in [5, 5.41) is 3.58. The average Bonchev–Trinajstić information content (AvgIpc) is 2.11. The molecule has 0 aliphatic carbocycles. The van der Waals surface area contributed by atoms with Crippen molar-refractivity contribution in [1.29, 1.82) is 0 Å². The highest BCUT2D eigenvalue weighted by Crippen LogP contribution is 2.17. The predicted molar refractivity (Wildman–Crippen MR) is 60.9 cm³/mol. The molecule has 0 radical (unpaired) electrons. The van der Waals surface area contributed by atoms with Crippen LogP contribution in [-0.4, -0.2) is 12.6 Å². The second kappa shape index (κ2) is 7.14. The molecule has 0 aromatic rings. The minimum atomic E-state index is 0.609. The van der Waals surface area contributed by atoms with Gasteiger partial charge in [0.15, 0.2) is 0 Å². The lowest BCUT2D eigenvalue weighted by atomic mass is 9.88. The topological polar surface area (TPSA) is 12.0 Å². The molecule has 1 heteroatoms. The number of hydrogen-bond donors (Lipinski definition) is 1. The first-order chi connectivity index (χ1) is 6.13. The van der Waals surface area contributed by atoms with Crippen LogP contribution < -0.4 is 5.32 Å². The third kappa shape index (κ3) is 5.09. The Morgan fingerprint density at radius 2 is 1.92 bits per heavy atom. The van der Waals surface area contributed by atoms with E-state index in [0.717, 1.165) is 24.8 Å². The van der Waals surface area contributed by atoms with E-state index >= 15 is 0 Å². The Kier molecular flexibility index (Phi) is 6.97. The molecule has 78 valence electrons. The van der Waals surface area contributed by atoms with E-state index in [-0.39, 0.29) is 0 Å². The first-order valence-corrected chi connectivity index (χ1v) is 5.47. The summed E-state index contributed by atoms with van der Waals surface area (Å²) >= 11 is 0. The zero-order valence-electron chi connectivity index (χ0n) is 9.64. The molecule has 0 bridgehead atoms. The Bertz CT molecular complexity index is 129. The summed E-state index contributed by atoms with van der Waals surface area (Å²) in [6, 6.07) is 0.609. The molecule has 0 heterocycles. The zero-order valence-corrected chi connectivity index (χ0v) is 9.64. The molecule has 2 atom stereocenters. The first-order valence-electron chi connectivity index (χ1n) is 5.47. The lowest BCUT2D eigenvalue weighted by Crippen LogP contribution is -2.37. The maximum Gasteiger partial charge on any atom is 0.0129 e. The Morgan fingerprint density at radius 3 is 2.31 bits per heavy atom. The van der Waals surface area contributed by atoms with Gasteiger partial charge in [0.05, 0.1) is 0 Å². The van der Waals surface area contributed by atoms with Crippen molar-refractivity contribution in [2.45, 2.75) is 46.6 Å². The lowest BCUT2D eigenvalue weighted by Gasteiger charge is -2.27. The van der Waals surface area contributed by atoms with Gasteiger partial charge < -0.3 is 5.32 Å². The zero-order chi connectivity index (χ0) is 10.3. The maximum absolute atomic E-state index is 3.81. The van der Waals surface area contributed by atoms with Crippen molar-refractivity contribution in [1.82, 2.24) is 5.32 Å². The largest absolute Gasteiger partial charge is 0.313 e. The van der Waals surface area contributed by atoms with Gasteiger partial charge in [0.25, 0.3) is 0 Å². The van der Waals surface area contributed by atoms with Crippen LogP contribution in [-0.2, 0) is 0 Å². The van der Waals surface area contributed by atoms with Crippen LogP contribution in [0.3, 0.4) is 0 Å². The average molecular weight is 183 g/mol. The fourth-order valence-electron chi connectivity index (χ4n) is 1.46. The van der Waals surface area contributed by atoms with Gasteiger partial charge in [-0.15, -0.1) is 6.58 Å². The molecule has 2 unspecified atom stereocenters. The molecule has 1 nitrogen and oxygen atoms in total. The Morgan fingerprint density at radius 1 is 1.31 bits per heavy atom. The molecule has 0 fully saturated rings. The van der Waals surface area contributed by atoms with Crippen LogP contribution in [0.25, 0.3) is 0 Å². The molecule has 0 aliphatic rings. The fraction of sp³-hybridized carbons (Fsp3) is 0.833. The van der Waals surface area contributed by atoms with Crippen LogP contribution in [0, 0.1) is 11.8 Å². The van der Waals surface area contributed by atoms with Gasteiger partial charge in [0.2, 0.25) is 0 Å². The maximum atomic E-state index is 3.81. The third-order valence-corrected chi connectivity index (χ3v) is 2.76. The minimum absolute atomic E-state index is 0.609. The van der Waals surface area contributed by atoms with Gasteiger partial charge in [-0.25, -0.2) is 0 Å². The molecule has 0 rings (SSSR count). The second-order valence-corrected chi connectivity index (χ2v) is 4.19. The van der Waals surface area contributed by atoms with Crippen molar-refractivity contribution < 1.29 is 0 Å². The molecule has 0 spiro atoms. The first kappa shape index (κ1) is 12.7. The summed E-state index contributed by atoms with van der Waals surface area (Å²) < 4.78 is 0. The Balaban J connectivity index is 3.97. The summed E-state index contributed by atoms with van der Waals surface area (Å²) in [5.74, 6) is 1.47. The predicted octanol–water partition coefficient (Wildman–Crippen LogP) is 3.22.